The van der Waals surface area contributed by atoms with Crippen LogP contribution in [0.4, 0.5) is 4.79 Å². The van der Waals surface area contributed by atoms with Gasteiger partial charge in [0.15, 0.2) is 6.10 Å². The van der Waals surface area contributed by atoms with E-state index < -0.39 is 17.8 Å². The van der Waals surface area contributed by atoms with Crippen LogP contribution >= 0.6 is 0 Å². The van der Waals surface area contributed by atoms with Gasteiger partial charge in [0.05, 0.1) is 13.2 Å². The molecule has 0 aromatic heterocycles. The van der Waals surface area contributed by atoms with Gasteiger partial charge in [-0.05, 0) is 27.7 Å². The van der Waals surface area contributed by atoms with Gasteiger partial charge in [0.2, 0.25) is 0 Å². The molecule has 1 unspecified atom stereocenters. The average Bonchev–Trinajstić information content (AvgIpc) is 2.35. The second-order valence-electron chi connectivity index (χ2n) is 5.64. The highest BCUT2D eigenvalue weighted by molar-refractivity contribution is 5.82. The molecule has 1 fully saturated rings. The molecule has 0 N–H and O–H groups in total. The second-order valence-corrected chi connectivity index (χ2v) is 5.64. The first-order chi connectivity index (χ1) is 8.74. The maximum absolute atomic E-state index is 12.0. The molecule has 0 aliphatic carbocycles. The third-order valence-corrected chi connectivity index (χ3v) is 2.84. The van der Waals surface area contributed by atoms with E-state index in [1.165, 1.54) is 4.90 Å². The molecule has 0 spiro atoms. The van der Waals surface area contributed by atoms with Gasteiger partial charge in [0.1, 0.15) is 5.60 Å². The van der Waals surface area contributed by atoms with E-state index >= 15 is 0 Å². The van der Waals surface area contributed by atoms with E-state index in [1.807, 2.05) is 27.7 Å². The highest BCUT2D eigenvalue weighted by Crippen LogP contribution is 2.14. The largest absolute Gasteiger partial charge is 0.444 e. The van der Waals surface area contributed by atoms with Gasteiger partial charge in [0.25, 0.3) is 5.91 Å². The molecule has 6 heteroatoms. The van der Waals surface area contributed by atoms with Crippen LogP contribution in [0, 0.1) is 0 Å². The molecule has 1 heterocycles. The van der Waals surface area contributed by atoms with Crippen molar-refractivity contribution in [3.05, 3.63) is 0 Å². The Morgan fingerprint density at radius 3 is 2.58 bits per heavy atom. The molecule has 0 aromatic rings. The Morgan fingerprint density at radius 1 is 1.42 bits per heavy atom. The number of carbonyl (C=O) groups is 2. The summed E-state index contributed by atoms with van der Waals surface area (Å²) < 4.78 is 10.7. The summed E-state index contributed by atoms with van der Waals surface area (Å²) >= 11 is 0. The Bertz CT molecular complexity index is 338. The number of likely N-dealkylation sites (N-methyl/N-ethyl adjacent to an activating group) is 1. The van der Waals surface area contributed by atoms with E-state index in [0.717, 1.165) is 0 Å². The fraction of sp³-hybridized carbons (Fsp3) is 0.846. The summed E-state index contributed by atoms with van der Waals surface area (Å²) in [6.45, 7) is 9.02. The SMILES string of the molecule is CCN(C)C(=O)C1CN(C(=O)OC(C)(C)C)CCO1. The predicted octanol–water partition coefficient (Wildman–Crippen LogP) is 1.10. The molecule has 0 bridgehead atoms. The number of hydrogen-bond acceptors (Lipinski definition) is 4. The highest BCUT2D eigenvalue weighted by Gasteiger charge is 2.32. The van der Waals surface area contributed by atoms with E-state index in [0.29, 0.717) is 19.7 Å². The van der Waals surface area contributed by atoms with Crippen LogP contribution < -0.4 is 0 Å². The summed E-state index contributed by atoms with van der Waals surface area (Å²) in [4.78, 5) is 27.1. The van der Waals surface area contributed by atoms with E-state index in [-0.39, 0.29) is 12.5 Å². The monoisotopic (exact) mass is 272 g/mol. The Balaban J connectivity index is 2.59. The zero-order valence-electron chi connectivity index (χ0n) is 12.4. The molecule has 0 saturated carbocycles. The minimum Gasteiger partial charge on any atom is -0.444 e. The highest BCUT2D eigenvalue weighted by atomic mass is 16.6. The lowest BCUT2D eigenvalue weighted by molar-refractivity contribution is -0.147. The van der Waals surface area contributed by atoms with Crippen LogP contribution in [0.25, 0.3) is 0 Å². The van der Waals surface area contributed by atoms with Crippen LogP contribution in [0.1, 0.15) is 27.7 Å². The van der Waals surface area contributed by atoms with Gasteiger partial charge in [-0.2, -0.15) is 0 Å². The number of morpholine rings is 1. The summed E-state index contributed by atoms with van der Waals surface area (Å²) in [6, 6.07) is 0. The molecule has 1 rings (SSSR count). The lowest BCUT2D eigenvalue weighted by Gasteiger charge is -2.34. The summed E-state index contributed by atoms with van der Waals surface area (Å²) in [5, 5.41) is 0. The summed E-state index contributed by atoms with van der Waals surface area (Å²) in [5.41, 5.74) is -0.533. The van der Waals surface area contributed by atoms with Crippen LogP contribution in [0.3, 0.4) is 0 Å². The fourth-order valence-corrected chi connectivity index (χ4v) is 1.69. The van der Waals surface area contributed by atoms with E-state index in [9.17, 15) is 9.59 Å². The van der Waals surface area contributed by atoms with Gasteiger partial charge in [-0.1, -0.05) is 0 Å². The Morgan fingerprint density at radius 2 is 2.05 bits per heavy atom. The van der Waals surface area contributed by atoms with Crippen LogP contribution in [-0.4, -0.2) is 66.8 Å². The number of ether oxygens (including phenoxy) is 2. The van der Waals surface area contributed by atoms with Gasteiger partial charge in [-0.25, -0.2) is 4.79 Å². The number of hydrogen-bond donors (Lipinski definition) is 0. The molecule has 2 amide bonds. The minimum absolute atomic E-state index is 0.101. The van der Waals surface area contributed by atoms with Crippen molar-refractivity contribution in [2.45, 2.75) is 39.4 Å². The third-order valence-electron chi connectivity index (χ3n) is 2.84. The first-order valence-corrected chi connectivity index (χ1v) is 6.59. The number of nitrogens with zero attached hydrogens (tertiary/aromatic N) is 2. The van der Waals surface area contributed by atoms with Gasteiger partial charge < -0.3 is 19.3 Å². The maximum atomic E-state index is 12.0. The Labute approximate surface area is 114 Å². The zero-order valence-corrected chi connectivity index (χ0v) is 12.4. The lowest BCUT2D eigenvalue weighted by Crippen LogP contribution is -2.52. The van der Waals surface area contributed by atoms with Crippen molar-refractivity contribution in [1.82, 2.24) is 9.80 Å². The molecule has 1 aliphatic heterocycles. The van der Waals surface area contributed by atoms with Gasteiger partial charge >= 0.3 is 6.09 Å². The average molecular weight is 272 g/mol. The van der Waals surface area contributed by atoms with Crippen LogP contribution in [0.5, 0.6) is 0 Å². The van der Waals surface area contributed by atoms with Gasteiger partial charge in [-0.3, -0.25) is 4.79 Å². The fourth-order valence-electron chi connectivity index (χ4n) is 1.69. The molecular formula is C13H24N2O4. The van der Waals surface area contributed by atoms with E-state index in [4.69, 9.17) is 9.47 Å². The lowest BCUT2D eigenvalue weighted by atomic mass is 10.2. The van der Waals surface area contributed by atoms with Crippen molar-refractivity contribution in [3.8, 4) is 0 Å². The molecule has 1 aliphatic rings. The third kappa shape index (κ3) is 4.70. The Kier molecular flexibility index (Phi) is 5.17. The van der Waals surface area contributed by atoms with Crippen LogP contribution in [0.2, 0.25) is 0 Å². The van der Waals surface area contributed by atoms with Crippen molar-refractivity contribution in [2.75, 3.05) is 33.3 Å². The minimum atomic E-state index is -0.591. The molecule has 19 heavy (non-hydrogen) atoms. The number of rotatable bonds is 2. The van der Waals surface area contributed by atoms with E-state index in [1.54, 1.807) is 11.9 Å². The molecule has 6 nitrogen and oxygen atoms in total. The molecule has 1 atom stereocenters. The quantitative estimate of drug-likeness (QED) is 0.755. The van der Waals surface area contributed by atoms with Crippen molar-refractivity contribution in [2.24, 2.45) is 0 Å². The molecule has 1 saturated heterocycles. The zero-order chi connectivity index (χ0) is 14.6. The van der Waals surface area contributed by atoms with Gasteiger partial charge in [0, 0.05) is 20.1 Å². The van der Waals surface area contributed by atoms with Crippen molar-refractivity contribution < 1.29 is 19.1 Å². The summed E-state index contributed by atoms with van der Waals surface area (Å²) in [5.74, 6) is -0.101. The maximum Gasteiger partial charge on any atom is 0.410 e. The van der Waals surface area contributed by atoms with E-state index in [2.05, 4.69) is 0 Å². The first kappa shape index (κ1) is 15.8. The van der Waals surface area contributed by atoms with Crippen molar-refractivity contribution in [3.63, 3.8) is 0 Å². The molecular weight excluding hydrogens is 248 g/mol. The smallest absolute Gasteiger partial charge is 0.410 e. The second kappa shape index (κ2) is 6.23. The Hall–Kier alpha value is -1.30. The van der Waals surface area contributed by atoms with Crippen LogP contribution in [0.15, 0.2) is 0 Å². The van der Waals surface area contributed by atoms with Gasteiger partial charge in [-0.15, -0.1) is 0 Å². The molecule has 0 radical (unpaired) electrons. The summed E-state index contributed by atoms with van der Waals surface area (Å²) in [7, 11) is 1.72. The summed E-state index contributed by atoms with van der Waals surface area (Å²) in [6.07, 6.45) is -0.987. The van der Waals surface area contributed by atoms with Crippen LogP contribution in [-0.2, 0) is 14.3 Å². The topological polar surface area (TPSA) is 59.1 Å². The first-order valence-electron chi connectivity index (χ1n) is 6.59. The number of amides is 2. The number of carbonyl (C=O) groups excluding carboxylic acids is 2. The molecule has 0 aromatic carbocycles. The standard InChI is InChI=1S/C13H24N2O4/c1-6-14(5)11(16)10-9-15(7-8-18-10)12(17)19-13(2,3)4/h10H,6-9H2,1-5H3. The molecule has 110 valence electrons. The normalized spacial score (nSPS) is 20.1. The van der Waals surface area contributed by atoms with Crippen molar-refractivity contribution >= 4 is 12.0 Å². The predicted molar refractivity (Wildman–Crippen MR) is 70.9 cm³/mol. The van der Waals surface area contributed by atoms with Crippen molar-refractivity contribution in [1.29, 1.82) is 0 Å².